The van der Waals surface area contributed by atoms with Gasteiger partial charge in [0.05, 0.1) is 0 Å². The highest BCUT2D eigenvalue weighted by molar-refractivity contribution is 5.37. The van der Waals surface area contributed by atoms with Gasteiger partial charge < -0.3 is 15.2 Å². The molecule has 2 atom stereocenters. The topological polar surface area (TPSA) is 67.3 Å². The van der Waals surface area contributed by atoms with Crippen molar-refractivity contribution in [3.05, 3.63) is 17.6 Å². The maximum absolute atomic E-state index is 9.10. The SMILES string of the molecule is COCc1nc(C)cc(NC2CCCC2CCO)n1. The molecule has 2 rings (SSSR count). The maximum Gasteiger partial charge on any atom is 0.156 e. The van der Waals surface area contributed by atoms with Gasteiger partial charge in [0.1, 0.15) is 12.4 Å². The van der Waals surface area contributed by atoms with Crippen LogP contribution in [-0.4, -0.2) is 34.8 Å². The molecule has 0 aromatic carbocycles. The van der Waals surface area contributed by atoms with Crippen LogP contribution in [0, 0.1) is 12.8 Å². The van der Waals surface area contributed by atoms with Gasteiger partial charge in [-0.05, 0) is 32.1 Å². The number of anilines is 1. The van der Waals surface area contributed by atoms with Gasteiger partial charge in [0, 0.05) is 31.5 Å². The average molecular weight is 265 g/mol. The molecule has 1 aliphatic rings. The van der Waals surface area contributed by atoms with Crippen LogP contribution in [0.2, 0.25) is 0 Å². The molecule has 1 saturated carbocycles. The third kappa shape index (κ3) is 3.88. The van der Waals surface area contributed by atoms with Crippen molar-refractivity contribution in [2.45, 2.75) is 45.3 Å². The van der Waals surface area contributed by atoms with Crippen LogP contribution in [0.25, 0.3) is 0 Å². The summed E-state index contributed by atoms with van der Waals surface area (Å²) < 4.78 is 5.08. The van der Waals surface area contributed by atoms with Gasteiger partial charge in [-0.2, -0.15) is 0 Å². The van der Waals surface area contributed by atoms with Crippen LogP contribution in [0.1, 0.15) is 37.2 Å². The van der Waals surface area contributed by atoms with Crippen molar-refractivity contribution < 1.29 is 9.84 Å². The third-order valence-corrected chi connectivity index (χ3v) is 3.67. The second kappa shape index (κ2) is 6.82. The molecule has 0 amide bonds. The Hall–Kier alpha value is -1.20. The summed E-state index contributed by atoms with van der Waals surface area (Å²) >= 11 is 0. The first-order valence-corrected chi connectivity index (χ1v) is 6.94. The lowest BCUT2D eigenvalue weighted by atomic mass is 10.00. The normalized spacial score (nSPS) is 22.7. The van der Waals surface area contributed by atoms with Gasteiger partial charge in [-0.25, -0.2) is 9.97 Å². The molecule has 1 fully saturated rings. The van der Waals surface area contributed by atoms with E-state index in [1.54, 1.807) is 7.11 Å². The highest BCUT2D eigenvalue weighted by Gasteiger charge is 2.26. The van der Waals surface area contributed by atoms with Crippen LogP contribution >= 0.6 is 0 Å². The van der Waals surface area contributed by atoms with Crippen molar-refractivity contribution in [3.63, 3.8) is 0 Å². The third-order valence-electron chi connectivity index (χ3n) is 3.67. The van der Waals surface area contributed by atoms with E-state index in [0.29, 0.717) is 24.4 Å². The fourth-order valence-corrected chi connectivity index (χ4v) is 2.83. The molecule has 2 unspecified atom stereocenters. The Labute approximate surface area is 114 Å². The van der Waals surface area contributed by atoms with Gasteiger partial charge in [0.2, 0.25) is 0 Å². The quantitative estimate of drug-likeness (QED) is 0.822. The van der Waals surface area contributed by atoms with E-state index in [1.807, 2.05) is 13.0 Å². The zero-order valence-corrected chi connectivity index (χ0v) is 11.7. The summed E-state index contributed by atoms with van der Waals surface area (Å²) in [6.07, 6.45) is 4.42. The molecule has 1 aromatic heterocycles. The van der Waals surface area contributed by atoms with Gasteiger partial charge in [-0.15, -0.1) is 0 Å². The first-order chi connectivity index (χ1) is 9.22. The van der Waals surface area contributed by atoms with E-state index in [2.05, 4.69) is 15.3 Å². The Kier molecular flexibility index (Phi) is 5.10. The maximum atomic E-state index is 9.10. The molecule has 0 saturated heterocycles. The molecular formula is C14H23N3O2. The molecule has 0 radical (unpaired) electrons. The predicted molar refractivity (Wildman–Crippen MR) is 73.9 cm³/mol. The van der Waals surface area contributed by atoms with Crippen molar-refractivity contribution in [2.24, 2.45) is 5.92 Å². The second-order valence-corrected chi connectivity index (χ2v) is 5.20. The largest absolute Gasteiger partial charge is 0.396 e. The minimum atomic E-state index is 0.264. The Morgan fingerprint density at radius 1 is 1.42 bits per heavy atom. The van der Waals surface area contributed by atoms with E-state index in [9.17, 15) is 0 Å². The van der Waals surface area contributed by atoms with Gasteiger partial charge in [-0.3, -0.25) is 0 Å². The monoisotopic (exact) mass is 265 g/mol. The number of nitrogens with zero attached hydrogens (tertiary/aromatic N) is 2. The summed E-state index contributed by atoms with van der Waals surface area (Å²) in [7, 11) is 1.65. The highest BCUT2D eigenvalue weighted by atomic mass is 16.5. The molecule has 1 heterocycles. The number of hydrogen-bond acceptors (Lipinski definition) is 5. The highest BCUT2D eigenvalue weighted by Crippen LogP contribution is 2.30. The summed E-state index contributed by atoms with van der Waals surface area (Å²) in [5.41, 5.74) is 0.946. The molecule has 0 spiro atoms. The smallest absolute Gasteiger partial charge is 0.156 e. The molecule has 2 N–H and O–H groups in total. The Morgan fingerprint density at radius 2 is 2.26 bits per heavy atom. The summed E-state index contributed by atoms with van der Waals surface area (Å²) in [6.45, 7) is 2.66. The van der Waals surface area contributed by atoms with Crippen LogP contribution in [0.15, 0.2) is 6.07 Å². The zero-order valence-electron chi connectivity index (χ0n) is 11.7. The summed E-state index contributed by atoms with van der Waals surface area (Å²) in [5, 5.41) is 12.6. The molecule has 5 heteroatoms. The summed E-state index contributed by atoms with van der Waals surface area (Å²) in [4.78, 5) is 8.81. The number of methoxy groups -OCH3 is 1. The van der Waals surface area contributed by atoms with Gasteiger partial charge in [0.15, 0.2) is 5.82 Å². The van der Waals surface area contributed by atoms with Crippen LogP contribution in [0.4, 0.5) is 5.82 Å². The fourth-order valence-electron chi connectivity index (χ4n) is 2.83. The number of hydrogen-bond donors (Lipinski definition) is 2. The first kappa shape index (κ1) is 14.2. The van der Waals surface area contributed by atoms with Crippen molar-refractivity contribution in [1.82, 2.24) is 9.97 Å². The van der Waals surface area contributed by atoms with Gasteiger partial charge in [0.25, 0.3) is 0 Å². The lowest BCUT2D eigenvalue weighted by molar-refractivity contribution is 0.177. The molecule has 0 bridgehead atoms. The second-order valence-electron chi connectivity index (χ2n) is 5.20. The van der Waals surface area contributed by atoms with E-state index in [-0.39, 0.29) is 6.61 Å². The molecule has 1 aromatic rings. The first-order valence-electron chi connectivity index (χ1n) is 6.94. The number of aliphatic hydroxyl groups excluding tert-OH is 1. The standard InChI is InChI=1S/C14H23N3O2/c1-10-8-13(17-14(15-10)9-19-2)16-12-5-3-4-11(12)6-7-18/h8,11-12,18H,3-7,9H2,1-2H3,(H,15,16,17). The van der Waals surface area contributed by atoms with Crippen molar-refractivity contribution in [2.75, 3.05) is 19.0 Å². The number of nitrogens with one attached hydrogen (secondary N) is 1. The van der Waals surface area contributed by atoms with E-state index in [4.69, 9.17) is 9.84 Å². The number of ether oxygens (including phenoxy) is 1. The lowest BCUT2D eigenvalue weighted by Crippen LogP contribution is -2.25. The predicted octanol–water partition coefficient (Wildman–Crippen LogP) is 1.89. The fraction of sp³-hybridized carbons (Fsp3) is 0.714. The lowest BCUT2D eigenvalue weighted by Gasteiger charge is -2.21. The Bertz CT molecular complexity index is 412. The molecule has 5 nitrogen and oxygen atoms in total. The minimum Gasteiger partial charge on any atom is -0.396 e. The van der Waals surface area contributed by atoms with Crippen LogP contribution in [0.3, 0.4) is 0 Å². The molecule has 1 aliphatic carbocycles. The van der Waals surface area contributed by atoms with Crippen LogP contribution in [0.5, 0.6) is 0 Å². The van der Waals surface area contributed by atoms with Crippen LogP contribution in [-0.2, 0) is 11.3 Å². The van der Waals surface area contributed by atoms with Gasteiger partial charge in [-0.1, -0.05) is 6.42 Å². The minimum absolute atomic E-state index is 0.264. The Balaban J connectivity index is 2.05. The number of rotatable bonds is 6. The van der Waals surface area contributed by atoms with Crippen molar-refractivity contribution >= 4 is 5.82 Å². The van der Waals surface area contributed by atoms with Crippen molar-refractivity contribution in [1.29, 1.82) is 0 Å². The Morgan fingerprint density at radius 3 is 3.00 bits per heavy atom. The van der Waals surface area contributed by atoms with E-state index < -0.39 is 0 Å². The number of aryl methyl sites for hydroxylation is 1. The summed E-state index contributed by atoms with van der Waals surface area (Å²) in [6, 6.07) is 2.38. The van der Waals surface area contributed by atoms with E-state index in [0.717, 1.165) is 24.4 Å². The summed E-state index contributed by atoms with van der Waals surface area (Å²) in [5.74, 6) is 2.13. The van der Waals surface area contributed by atoms with Gasteiger partial charge >= 0.3 is 0 Å². The number of aromatic nitrogens is 2. The van der Waals surface area contributed by atoms with E-state index in [1.165, 1.54) is 12.8 Å². The molecule has 106 valence electrons. The average Bonchev–Trinajstić information content (AvgIpc) is 2.77. The molecular weight excluding hydrogens is 242 g/mol. The van der Waals surface area contributed by atoms with E-state index >= 15 is 0 Å². The molecule has 19 heavy (non-hydrogen) atoms. The molecule has 0 aliphatic heterocycles. The number of aliphatic hydroxyl groups is 1. The van der Waals surface area contributed by atoms with Crippen LogP contribution < -0.4 is 5.32 Å². The zero-order chi connectivity index (χ0) is 13.7. The van der Waals surface area contributed by atoms with Crippen molar-refractivity contribution in [3.8, 4) is 0 Å².